The number of likely N-dealkylation sites (N-methyl/N-ethyl adjacent to an activating group) is 1. The Labute approximate surface area is 109 Å². The minimum absolute atomic E-state index is 0.895. The van der Waals surface area contributed by atoms with E-state index in [9.17, 15) is 0 Å². The molecular formula is C13H23N3S. The number of hydrogen-bond acceptors (Lipinski definition) is 2. The Balaban J connectivity index is 2.44. The highest BCUT2D eigenvalue weighted by atomic mass is 32.1. The van der Waals surface area contributed by atoms with E-state index in [1.54, 1.807) is 0 Å². The van der Waals surface area contributed by atoms with Crippen molar-refractivity contribution in [3.63, 3.8) is 0 Å². The fourth-order valence-electron chi connectivity index (χ4n) is 1.53. The van der Waals surface area contributed by atoms with Crippen LogP contribution in [-0.4, -0.2) is 37.5 Å². The fraction of sp³-hybridized carbons (Fsp3) is 0.615. The molecule has 0 unspecified atom stereocenters. The highest BCUT2D eigenvalue weighted by molar-refractivity contribution is 7.09. The third-order valence-electron chi connectivity index (χ3n) is 2.46. The van der Waals surface area contributed by atoms with Gasteiger partial charge in [0.15, 0.2) is 5.96 Å². The molecule has 1 aromatic heterocycles. The first kappa shape index (κ1) is 14.0. The second-order valence-electron chi connectivity index (χ2n) is 3.99. The molecule has 0 atom stereocenters. The van der Waals surface area contributed by atoms with E-state index in [4.69, 9.17) is 0 Å². The molecule has 0 fully saturated rings. The van der Waals surface area contributed by atoms with Crippen molar-refractivity contribution >= 4 is 17.3 Å². The number of nitrogens with zero attached hydrogens (tertiary/aromatic N) is 2. The number of rotatable bonds is 6. The molecule has 0 saturated heterocycles. The zero-order valence-electron chi connectivity index (χ0n) is 11.1. The summed E-state index contributed by atoms with van der Waals surface area (Å²) < 4.78 is 0. The summed E-state index contributed by atoms with van der Waals surface area (Å²) in [7, 11) is 2.10. The van der Waals surface area contributed by atoms with Crippen molar-refractivity contribution < 1.29 is 0 Å². The van der Waals surface area contributed by atoms with Crippen LogP contribution in [0.25, 0.3) is 0 Å². The molecule has 0 saturated carbocycles. The van der Waals surface area contributed by atoms with Crippen LogP contribution in [0.3, 0.4) is 0 Å². The predicted molar refractivity (Wildman–Crippen MR) is 76.9 cm³/mol. The molecule has 0 aliphatic rings. The van der Waals surface area contributed by atoms with Crippen LogP contribution >= 0.6 is 11.3 Å². The molecule has 3 nitrogen and oxygen atoms in total. The number of thiophene rings is 1. The monoisotopic (exact) mass is 253 g/mol. The zero-order chi connectivity index (χ0) is 12.5. The lowest BCUT2D eigenvalue weighted by Crippen LogP contribution is -2.40. The van der Waals surface area contributed by atoms with Gasteiger partial charge in [-0.3, -0.25) is 4.99 Å². The third kappa shape index (κ3) is 5.22. The van der Waals surface area contributed by atoms with Gasteiger partial charge in [-0.15, -0.1) is 11.3 Å². The Hall–Kier alpha value is -1.03. The maximum absolute atomic E-state index is 4.57. The second kappa shape index (κ2) is 8.12. The van der Waals surface area contributed by atoms with Crippen molar-refractivity contribution in [1.29, 1.82) is 0 Å². The molecule has 0 radical (unpaired) electrons. The van der Waals surface area contributed by atoms with E-state index in [1.165, 1.54) is 4.88 Å². The Morgan fingerprint density at radius 1 is 1.47 bits per heavy atom. The van der Waals surface area contributed by atoms with Crippen LogP contribution in [0.4, 0.5) is 0 Å². The molecule has 1 N–H and O–H groups in total. The van der Waals surface area contributed by atoms with E-state index in [2.05, 4.69) is 53.6 Å². The normalized spacial score (nSPS) is 11.6. The molecule has 4 heteroatoms. The standard InChI is InChI=1S/C13H23N3S/c1-4-9-15-13(14-5-2)16(3)10-8-12-7-6-11-17-12/h6-7,11H,4-5,8-10H2,1-3H3,(H,14,15). The first-order valence-corrected chi connectivity index (χ1v) is 7.17. The quantitative estimate of drug-likeness (QED) is 0.623. The van der Waals surface area contributed by atoms with Crippen molar-refractivity contribution in [2.75, 3.05) is 26.7 Å². The van der Waals surface area contributed by atoms with Crippen LogP contribution in [0.2, 0.25) is 0 Å². The summed E-state index contributed by atoms with van der Waals surface area (Å²) in [5.74, 6) is 1.02. The maximum Gasteiger partial charge on any atom is 0.193 e. The molecule has 96 valence electrons. The van der Waals surface area contributed by atoms with Gasteiger partial charge in [-0.25, -0.2) is 0 Å². The number of guanidine groups is 1. The third-order valence-corrected chi connectivity index (χ3v) is 3.39. The van der Waals surface area contributed by atoms with Crippen LogP contribution in [0.1, 0.15) is 25.1 Å². The van der Waals surface area contributed by atoms with Crippen LogP contribution in [-0.2, 0) is 6.42 Å². The van der Waals surface area contributed by atoms with E-state index in [-0.39, 0.29) is 0 Å². The van der Waals surface area contributed by atoms with Crippen LogP contribution in [0, 0.1) is 0 Å². The molecule has 0 aliphatic heterocycles. The van der Waals surface area contributed by atoms with E-state index < -0.39 is 0 Å². The molecule has 1 heterocycles. The molecule has 0 bridgehead atoms. The Bertz CT molecular complexity index is 319. The lowest BCUT2D eigenvalue weighted by atomic mass is 10.3. The average Bonchev–Trinajstić information content (AvgIpc) is 2.84. The summed E-state index contributed by atoms with van der Waals surface area (Å²) in [5.41, 5.74) is 0. The van der Waals surface area contributed by atoms with Gasteiger partial charge in [0.1, 0.15) is 0 Å². The van der Waals surface area contributed by atoms with Gasteiger partial charge in [-0.05, 0) is 31.2 Å². The first-order chi connectivity index (χ1) is 8.27. The van der Waals surface area contributed by atoms with Crippen molar-refractivity contribution in [3.8, 4) is 0 Å². The summed E-state index contributed by atoms with van der Waals surface area (Å²) in [6.07, 6.45) is 2.18. The van der Waals surface area contributed by atoms with Crippen LogP contribution in [0.15, 0.2) is 22.5 Å². The zero-order valence-corrected chi connectivity index (χ0v) is 11.9. The molecular weight excluding hydrogens is 230 g/mol. The van der Waals surface area contributed by atoms with Gasteiger partial charge in [0, 0.05) is 31.6 Å². The fourth-order valence-corrected chi connectivity index (χ4v) is 2.22. The van der Waals surface area contributed by atoms with Gasteiger partial charge in [-0.2, -0.15) is 0 Å². The highest BCUT2D eigenvalue weighted by Gasteiger charge is 2.05. The maximum atomic E-state index is 4.57. The Morgan fingerprint density at radius 3 is 2.88 bits per heavy atom. The highest BCUT2D eigenvalue weighted by Crippen LogP contribution is 2.09. The first-order valence-electron chi connectivity index (χ1n) is 6.29. The summed E-state index contributed by atoms with van der Waals surface area (Å²) in [4.78, 5) is 8.21. The van der Waals surface area contributed by atoms with Gasteiger partial charge in [0.05, 0.1) is 0 Å². The van der Waals surface area contributed by atoms with Crippen molar-refractivity contribution in [1.82, 2.24) is 10.2 Å². The Morgan fingerprint density at radius 2 is 2.29 bits per heavy atom. The number of nitrogens with one attached hydrogen (secondary N) is 1. The van der Waals surface area contributed by atoms with Crippen molar-refractivity contribution in [2.45, 2.75) is 26.7 Å². The predicted octanol–water partition coefficient (Wildman–Crippen LogP) is 2.60. The number of hydrogen-bond donors (Lipinski definition) is 1. The molecule has 0 amide bonds. The van der Waals surface area contributed by atoms with Gasteiger partial charge < -0.3 is 10.2 Å². The van der Waals surface area contributed by atoms with Gasteiger partial charge in [0.2, 0.25) is 0 Å². The van der Waals surface area contributed by atoms with Gasteiger partial charge in [0.25, 0.3) is 0 Å². The van der Waals surface area contributed by atoms with Crippen molar-refractivity contribution in [3.05, 3.63) is 22.4 Å². The van der Waals surface area contributed by atoms with Gasteiger partial charge in [-0.1, -0.05) is 13.0 Å². The second-order valence-corrected chi connectivity index (χ2v) is 5.02. The van der Waals surface area contributed by atoms with Crippen LogP contribution in [0.5, 0.6) is 0 Å². The molecule has 0 aromatic carbocycles. The van der Waals surface area contributed by atoms with E-state index in [0.29, 0.717) is 0 Å². The van der Waals surface area contributed by atoms with Crippen molar-refractivity contribution in [2.24, 2.45) is 4.99 Å². The molecule has 0 aliphatic carbocycles. The summed E-state index contributed by atoms with van der Waals surface area (Å²) in [5, 5.41) is 5.46. The van der Waals surface area contributed by atoms with E-state index in [0.717, 1.165) is 38.4 Å². The lowest BCUT2D eigenvalue weighted by Gasteiger charge is -2.21. The van der Waals surface area contributed by atoms with Crippen LogP contribution < -0.4 is 5.32 Å². The number of aliphatic imine (C=N–C) groups is 1. The Kier molecular flexibility index (Phi) is 6.70. The summed E-state index contributed by atoms with van der Waals surface area (Å²) >= 11 is 1.82. The molecule has 1 aromatic rings. The summed E-state index contributed by atoms with van der Waals surface area (Å²) in [6, 6.07) is 4.30. The van der Waals surface area contributed by atoms with Gasteiger partial charge >= 0.3 is 0 Å². The topological polar surface area (TPSA) is 27.6 Å². The minimum Gasteiger partial charge on any atom is -0.357 e. The van der Waals surface area contributed by atoms with E-state index >= 15 is 0 Å². The summed E-state index contributed by atoms with van der Waals surface area (Å²) in [6.45, 7) is 7.08. The average molecular weight is 253 g/mol. The molecule has 17 heavy (non-hydrogen) atoms. The smallest absolute Gasteiger partial charge is 0.193 e. The largest absolute Gasteiger partial charge is 0.357 e. The minimum atomic E-state index is 0.895. The van der Waals surface area contributed by atoms with E-state index in [1.807, 2.05) is 11.3 Å². The SMILES string of the molecule is CCCN=C(NCC)N(C)CCc1cccs1. The lowest BCUT2D eigenvalue weighted by molar-refractivity contribution is 0.486. The molecule has 0 spiro atoms. The molecule has 1 rings (SSSR count).